The fourth-order valence-electron chi connectivity index (χ4n) is 1.86. The maximum absolute atomic E-state index is 6.11. The average molecular weight is 378 g/mol. The zero-order valence-corrected chi connectivity index (χ0v) is 14.0. The van der Waals surface area contributed by atoms with E-state index in [1.54, 1.807) is 0 Å². The fourth-order valence-corrected chi connectivity index (χ4v) is 2.75. The maximum atomic E-state index is 6.11. The third kappa shape index (κ3) is 5.29. The summed E-state index contributed by atoms with van der Waals surface area (Å²) in [6, 6.07) is 6.48. The number of hydrogen-bond acceptors (Lipinski definition) is 1. The molecule has 0 aromatic heterocycles. The van der Waals surface area contributed by atoms with Gasteiger partial charge in [-0.15, -0.1) is 6.58 Å². The maximum Gasteiger partial charge on any atom is 0.0410 e. The molecule has 0 radical (unpaired) electrons. The molecule has 18 heavy (non-hydrogen) atoms. The van der Waals surface area contributed by atoms with Crippen molar-refractivity contribution in [3.05, 3.63) is 44.5 Å². The summed E-state index contributed by atoms with van der Waals surface area (Å²) < 4.78 is 1.27. The van der Waals surface area contributed by atoms with Crippen LogP contribution in [0.25, 0.3) is 0 Å². The molecule has 0 fully saturated rings. The number of halogens is 2. The van der Waals surface area contributed by atoms with Gasteiger partial charge in [-0.25, -0.2) is 0 Å². The molecular weight excluding hydrogens is 357 g/mol. The molecule has 1 nitrogen and oxygen atoms in total. The standard InChI is InChI=1S/C15H21ClIN/c1-4-9-18-15(8-5-11(2)3)13-10-12(16)6-7-14(13)17/h6-7,10,15,18H,2,4-5,8-9H2,1,3H3. The van der Waals surface area contributed by atoms with E-state index in [0.717, 1.165) is 30.8 Å². The van der Waals surface area contributed by atoms with Crippen LogP contribution in [0.3, 0.4) is 0 Å². The van der Waals surface area contributed by atoms with Crippen molar-refractivity contribution in [1.29, 1.82) is 0 Å². The van der Waals surface area contributed by atoms with Gasteiger partial charge in [-0.05, 0) is 79.1 Å². The van der Waals surface area contributed by atoms with Crippen LogP contribution < -0.4 is 5.32 Å². The molecule has 100 valence electrons. The zero-order valence-electron chi connectivity index (χ0n) is 11.1. The van der Waals surface area contributed by atoms with E-state index >= 15 is 0 Å². The predicted octanol–water partition coefficient (Wildman–Crippen LogP) is 5.34. The van der Waals surface area contributed by atoms with Crippen LogP contribution in [0, 0.1) is 3.57 Å². The van der Waals surface area contributed by atoms with E-state index < -0.39 is 0 Å². The molecule has 0 spiro atoms. The highest BCUT2D eigenvalue weighted by atomic mass is 127. The van der Waals surface area contributed by atoms with Crippen molar-refractivity contribution in [3.63, 3.8) is 0 Å². The Bertz CT molecular complexity index is 403. The minimum atomic E-state index is 0.368. The van der Waals surface area contributed by atoms with Crippen LogP contribution >= 0.6 is 34.2 Å². The normalized spacial score (nSPS) is 12.4. The van der Waals surface area contributed by atoms with E-state index in [4.69, 9.17) is 11.6 Å². The zero-order chi connectivity index (χ0) is 13.5. The van der Waals surface area contributed by atoms with E-state index in [9.17, 15) is 0 Å². The lowest BCUT2D eigenvalue weighted by Crippen LogP contribution is -2.23. The first-order valence-electron chi connectivity index (χ1n) is 6.37. The largest absolute Gasteiger partial charge is 0.310 e. The summed E-state index contributed by atoms with van der Waals surface area (Å²) in [5.74, 6) is 0. The molecule has 0 aliphatic rings. The molecule has 1 rings (SSSR count). The highest BCUT2D eigenvalue weighted by Crippen LogP contribution is 2.27. The number of rotatable bonds is 7. The molecular formula is C15H21ClIN. The minimum Gasteiger partial charge on any atom is -0.310 e. The lowest BCUT2D eigenvalue weighted by atomic mass is 10.00. The van der Waals surface area contributed by atoms with Gasteiger partial charge in [-0.1, -0.05) is 24.1 Å². The molecule has 0 heterocycles. The Labute approximate surface area is 129 Å². The molecule has 0 aliphatic carbocycles. The molecule has 1 aromatic rings. The summed E-state index contributed by atoms with van der Waals surface area (Å²) in [5.41, 5.74) is 2.54. The van der Waals surface area contributed by atoms with Gasteiger partial charge in [-0.2, -0.15) is 0 Å². The van der Waals surface area contributed by atoms with Crippen LogP contribution in [0.2, 0.25) is 5.02 Å². The molecule has 1 N–H and O–H groups in total. The summed E-state index contributed by atoms with van der Waals surface area (Å²) in [4.78, 5) is 0. The van der Waals surface area contributed by atoms with Gasteiger partial charge in [0.2, 0.25) is 0 Å². The van der Waals surface area contributed by atoms with Crippen LogP contribution in [0.1, 0.15) is 44.7 Å². The van der Waals surface area contributed by atoms with Crippen molar-refractivity contribution in [3.8, 4) is 0 Å². The fraction of sp³-hybridized carbons (Fsp3) is 0.467. The monoisotopic (exact) mass is 377 g/mol. The van der Waals surface area contributed by atoms with Crippen LogP contribution in [0.4, 0.5) is 0 Å². The van der Waals surface area contributed by atoms with E-state index in [0.29, 0.717) is 6.04 Å². The van der Waals surface area contributed by atoms with Crippen molar-refractivity contribution >= 4 is 34.2 Å². The third-order valence-corrected chi connectivity index (χ3v) is 4.05. The average Bonchev–Trinajstić information content (AvgIpc) is 2.32. The van der Waals surface area contributed by atoms with Crippen molar-refractivity contribution in [2.24, 2.45) is 0 Å². The summed E-state index contributed by atoms with van der Waals surface area (Å²) in [7, 11) is 0. The first-order valence-corrected chi connectivity index (χ1v) is 7.83. The number of allylic oxidation sites excluding steroid dienone is 1. The van der Waals surface area contributed by atoms with Gasteiger partial charge < -0.3 is 5.32 Å². The van der Waals surface area contributed by atoms with E-state index in [1.165, 1.54) is 14.7 Å². The van der Waals surface area contributed by atoms with Crippen LogP contribution in [-0.2, 0) is 0 Å². The quantitative estimate of drug-likeness (QED) is 0.499. The molecule has 0 saturated heterocycles. The summed E-state index contributed by atoms with van der Waals surface area (Å²) in [5, 5.41) is 4.41. The Kier molecular flexibility index (Phi) is 7.27. The second-order valence-corrected chi connectivity index (χ2v) is 6.27. The van der Waals surface area contributed by atoms with Crippen molar-refractivity contribution in [2.45, 2.75) is 39.2 Å². The Morgan fingerprint density at radius 2 is 2.22 bits per heavy atom. The molecule has 3 heteroatoms. The van der Waals surface area contributed by atoms with Gasteiger partial charge in [0.25, 0.3) is 0 Å². The highest BCUT2D eigenvalue weighted by molar-refractivity contribution is 14.1. The van der Waals surface area contributed by atoms with Crippen LogP contribution in [0.5, 0.6) is 0 Å². The van der Waals surface area contributed by atoms with Crippen molar-refractivity contribution in [1.82, 2.24) is 5.32 Å². The first kappa shape index (κ1) is 16.0. The SMILES string of the molecule is C=C(C)CCC(NCCC)c1cc(Cl)ccc1I. The van der Waals surface area contributed by atoms with Crippen molar-refractivity contribution < 1.29 is 0 Å². The van der Waals surface area contributed by atoms with Gasteiger partial charge in [0.15, 0.2) is 0 Å². The van der Waals surface area contributed by atoms with Gasteiger partial charge in [0, 0.05) is 14.6 Å². The molecule has 0 saturated carbocycles. The molecule has 1 aromatic carbocycles. The van der Waals surface area contributed by atoms with E-state index in [-0.39, 0.29) is 0 Å². The summed E-state index contributed by atoms with van der Waals surface area (Å²) in [6.45, 7) is 9.29. The van der Waals surface area contributed by atoms with E-state index in [1.807, 2.05) is 6.07 Å². The van der Waals surface area contributed by atoms with Crippen molar-refractivity contribution in [2.75, 3.05) is 6.54 Å². The smallest absolute Gasteiger partial charge is 0.0410 e. The Hall–Kier alpha value is -0.0600. The molecule has 0 aliphatic heterocycles. The lowest BCUT2D eigenvalue weighted by molar-refractivity contribution is 0.497. The van der Waals surface area contributed by atoms with Gasteiger partial charge in [0.05, 0.1) is 0 Å². The Balaban J connectivity index is 2.85. The lowest BCUT2D eigenvalue weighted by Gasteiger charge is -2.20. The Morgan fingerprint density at radius 1 is 1.50 bits per heavy atom. The first-order chi connectivity index (χ1) is 8.54. The molecule has 1 unspecified atom stereocenters. The molecule has 0 amide bonds. The third-order valence-electron chi connectivity index (χ3n) is 2.83. The highest BCUT2D eigenvalue weighted by Gasteiger charge is 2.14. The van der Waals surface area contributed by atoms with Crippen LogP contribution in [-0.4, -0.2) is 6.54 Å². The van der Waals surface area contributed by atoms with Gasteiger partial charge >= 0.3 is 0 Å². The van der Waals surface area contributed by atoms with E-state index in [2.05, 4.69) is 60.5 Å². The van der Waals surface area contributed by atoms with Gasteiger partial charge in [-0.3, -0.25) is 0 Å². The number of nitrogens with one attached hydrogen (secondary N) is 1. The van der Waals surface area contributed by atoms with Gasteiger partial charge in [0.1, 0.15) is 0 Å². The topological polar surface area (TPSA) is 12.0 Å². The minimum absolute atomic E-state index is 0.368. The molecule has 0 bridgehead atoms. The number of benzene rings is 1. The second-order valence-electron chi connectivity index (χ2n) is 4.67. The number of hydrogen-bond donors (Lipinski definition) is 1. The predicted molar refractivity (Wildman–Crippen MR) is 89.3 cm³/mol. The summed E-state index contributed by atoms with van der Waals surface area (Å²) >= 11 is 8.49. The Morgan fingerprint density at radius 3 is 2.83 bits per heavy atom. The van der Waals surface area contributed by atoms with Crippen LogP contribution in [0.15, 0.2) is 30.4 Å². The summed E-state index contributed by atoms with van der Waals surface area (Å²) in [6.07, 6.45) is 3.26. The second kappa shape index (κ2) is 8.18. The molecule has 1 atom stereocenters.